The molecule has 0 aromatic heterocycles. The smallest absolute Gasteiger partial charge is 0.319 e. The van der Waals surface area contributed by atoms with E-state index in [2.05, 4.69) is 0 Å². The molecule has 116 valence electrons. The van der Waals surface area contributed by atoms with Crippen molar-refractivity contribution in [3.05, 3.63) is 29.3 Å². The first kappa shape index (κ1) is 17.7. The second-order valence-electron chi connectivity index (χ2n) is 4.96. The molecule has 0 radical (unpaired) electrons. The SMILES string of the molecule is CCOC(=O)C(C)(C)C(=O)CS(=O)(=O)c1ccccc1Cl. The first-order valence-electron chi connectivity index (χ1n) is 6.30. The van der Waals surface area contributed by atoms with E-state index in [1.165, 1.54) is 32.0 Å². The van der Waals surface area contributed by atoms with Gasteiger partial charge in [0.1, 0.15) is 11.2 Å². The zero-order valence-electron chi connectivity index (χ0n) is 12.1. The topological polar surface area (TPSA) is 77.5 Å². The Labute approximate surface area is 129 Å². The summed E-state index contributed by atoms with van der Waals surface area (Å²) in [5.41, 5.74) is -1.52. The number of benzene rings is 1. The number of carbonyl (C=O) groups excluding carboxylic acids is 2. The fraction of sp³-hybridized carbons (Fsp3) is 0.429. The molecule has 0 aliphatic heterocycles. The molecule has 1 aromatic rings. The highest BCUT2D eigenvalue weighted by molar-refractivity contribution is 7.92. The summed E-state index contributed by atoms with van der Waals surface area (Å²) in [6.45, 7) is 4.41. The summed E-state index contributed by atoms with van der Waals surface area (Å²) in [6, 6.07) is 5.85. The summed E-state index contributed by atoms with van der Waals surface area (Å²) >= 11 is 5.84. The van der Waals surface area contributed by atoms with Crippen LogP contribution < -0.4 is 0 Å². The van der Waals surface area contributed by atoms with Gasteiger partial charge in [0.2, 0.25) is 0 Å². The third-order valence-electron chi connectivity index (χ3n) is 2.98. The summed E-state index contributed by atoms with van der Waals surface area (Å²) in [5, 5.41) is 0.0410. The first-order valence-corrected chi connectivity index (χ1v) is 8.33. The average Bonchev–Trinajstić information content (AvgIpc) is 2.38. The highest BCUT2D eigenvalue weighted by Gasteiger charge is 2.40. The van der Waals surface area contributed by atoms with Crippen molar-refractivity contribution in [2.24, 2.45) is 5.41 Å². The van der Waals surface area contributed by atoms with Gasteiger partial charge >= 0.3 is 5.97 Å². The van der Waals surface area contributed by atoms with Gasteiger partial charge in [-0.3, -0.25) is 9.59 Å². The number of hydrogen-bond acceptors (Lipinski definition) is 5. The van der Waals surface area contributed by atoms with Crippen LogP contribution in [0.25, 0.3) is 0 Å². The zero-order chi connectivity index (χ0) is 16.3. The Balaban J connectivity index is 3.02. The lowest BCUT2D eigenvalue weighted by molar-refractivity contribution is -0.157. The fourth-order valence-electron chi connectivity index (χ4n) is 1.55. The lowest BCUT2D eigenvalue weighted by Crippen LogP contribution is -2.38. The van der Waals surface area contributed by atoms with E-state index in [1.54, 1.807) is 13.0 Å². The van der Waals surface area contributed by atoms with Gasteiger partial charge in [-0.2, -0.15) is 0 Å². The molecule has 0 aliphatic rings. The van der Waals surface area contributed by atoms with E-state index in [0.29, 0.717) is 0 Å². The summed E-state index contributed by atoms with van der Waals surface area (Å²) in [5.74, 6) is -2.28. The van der Waals surface area contributed by atoms with Gasteiger partial charge in [0.25, 0.3) is 0 Å². The van der Waals surface area contributed by atoms with Crippen LogP contribution >= 0.6 is 11.6 Å². The maximum absolute atomic E-state index is 12.2. The number of rotatable bonds is 6. The van der Waals surface area contributed by atoms with Crippen molar-refractivity contribution in [2.75, 3.05) is 12.4 Å². The maximum atomic E-state index is 12.2. The first-order chi connectivity index (χ1) is 9.63. The minimum Gasteiger partial charge on any atom is -0.465 e. The fourth-order valence-corrected chi connectivity index (χ4v) is 3.55. The largest absolute Gasteiger partial charge is 0.465 e. The molecular weight excluding hydrogens is 316 g/mol. The Morgan fingerprint density at radius 3 is 2.33 bits per heavy atom. The van der Waals surface area contributed by atoms with Crippen molar-refractivity contribution in [1.29, 1.82) is 0 Å². The maximum Gasteiger partial charge on any atom is 0.319 e. The number of halogens is 1. The molecule has 0 bridgehead atoms. The quantitative estimate of drug-likeness (QED) is 0.590. The summed E-state index contributed by atoms with van der Waals surface area (Å²) in [6.07, 6.45) is 0. The van der Waals surface area contributed by atoms with E-state index in [9.17, 15) is 18.0 Å². The summed E-state index contributed by atoms with van der Waals surface area (Å²) in [7, 11) is -3.91. The number of Topliss-reactive ketones (excluding diaryl/α,β-unsaturated/α-hetero) is 1. The van der Waals surface area contributed by atoms with Crippen LogP contribution in [0.1, 0.15) is 20.8 Å². The van der Waals surface area contributed by atoms with Crippen LogP contribution in [0.15, 0.2) is 29.2 Å². The van der Waals surface area contributed by atoms with Crippen molar-refractivity contribution in [2.45, 2.75) is 25.7 Å². The monoisotopic (exact) mass is 332 g/mol. The van der Waals surface area contributed by atoms with E-state index < -0.39 is 32.8 Å². The van der Waals surface area contributed by atoms with Crippen LogP contribution in [-0.4, -0.2) is 32.5 Å². The molecule has 0 saturated carbocycles. The second-order valence-corrected chi connectivity index (χ2v) is 7.32. The Hall–Kier alpha value is -1.40. The third-order valence-corrected chi connectivity index (χ3v) is 5.09. The third kappa shape index (κ3) is 4.04. The van der Waals surface area contributed by atoms with Gasteiger partial charge in [0.15, 0.2) is 15.6 Å². The van der Waals surface area contributed by atoms with Crippen molar-refractivity contribution < 1.29 is 22.7 Å². The highest BCUT2D eigenvalue weighted by atomic mass is 35.5. The average molecular weight is 333 g/mol. The van der Waals surface area contributed by atoms with Gasteiger partial charge in [-0.25, -0.2) is 8.42 Å². The Morgan fingerprint density at radius 2 is 1.81 bits per heavy atom. The van der Waals surface area contributed by atoms with Crippen LogP contribution in [-0.2, 0) is 24.2 Å². The summed E-state index contributed by atoms with van der Waals surface area (Å²) < 4.78 is 29.3. The van der Waals surface area contributed by atoms with Gasteiger partial charge in [-0.15, -0.1) is 0 Å². The number of carbonyl (C=O) groups is 2. The van der Waals surface area contributed by atoms with E-state index in [4.69, 9.17) is 16.3 Å². The zero-order valence-corrected chi connectivity index (χ0v) is 13.6. The number of hydrogen-bond donors (Lipinski definition) is 0. The van der Waals surface area contributed by atoms with Gasteiger partial charge < -0.3 is 4.74 Å². The van der Waals surface area contributed by atoms with Gasteiger partial charge in [-0.05, 0) is 32.9 Å². The van der Waals surface area contributed by atoms with E-state index in [1.807, 2.05) is 0 Å². The molecule has 0 heterocycles. The number of esters is 1. The number of sulfone groups is 1. The number of ether oxygens (including phenoxy) is 1. The van der Waals surface area contributed by atoms with Crippen LogP contribution in [0, 0.1) is 5.41 Å². The molecule has 0 saturated heterocycles. The molecule has 1 aromatic carbocycles. The lowest BCUT2D eigenvalue weighted by Gasteiger charge is -2.20. The van der Waals surface area contributed by atoms with Gasteiger partial charge in [-0.1, -0.05) is 23.7 Å². The van der Waals surface area contributed by atoms with Gasteiger partial charge in [0, 0.05) is 0 Å². The van der Waals surface area contributed by atoms with Crippen molar-refractivity contribution >= 4 is 33.2 Å². The van der Waals surface area contributed by atoms with Crippen LogP contribution in [0.2, 0.25) is 5.02 Å². The molecule has 21 heavy (non-hydrogen) atoms. The minimum atomic E-state index is -3.91. The predicted molar refractivity (Wildman–Crippen MR) is 78.9 cm³/mol. The van der Waals surface area contributed by atoms with Crippen molar-refractivity contribution in [3.63, 3.8) is 0 Å². The molecule has 1 rings (SSSR count). The minimum absolute atomic E-state index is 0.0410. The Kier molecular flexibility index (Phi) is 5.53. The highest BCUT2D eigenvalue weighted by Crippen LogP contribution is 2.25. The Morgan fingerprint density at radius 1 is 1.24 bits per heavy atom. The van der Waals surface area contributed by atoms with Gasteiger partial charge in [0.05, 0.1) is 16.5 Å². The van der Waals surface area contributed by atoms with Crippen molar-refractivity contribution in [3.8, 4) is 0 Å². The standard InChI is InChI=1S/C14H17ClO5S/c1-4-20-13(17)14(2,3)12(16)9-21(18,19)11-8-6-5-7-10(11)15/h5-8H,4,9H2,1-3H3. The normalized spacial score (nSPS) is 12.0. The molecule has 7 heteroatoms. The molecule has 0 unspecified atom stereocenters. The molecule has 0 N–H and O–H groups in total. The molecule has 5 nitrogen and oxygen atoms in total. The number of ketones is 1. The van der Waals surface area contributed by atoms with Crippen LogP contribution in [0.4, 0.5) is 0 Å². The van der Waals surface area contributed by atoms with E-state index in [-0.39, 0.29) is 16.5 Å². The molecule has 0 spiro atoms. The molecule has 0 fully saturated rings. The lowest BCUT2D eigenvalue weighted by atomic mass is 9.89. The molecule has 0 aliphatic carbocycles. The predicted octanol–water partition coefficient (Wildman–Crippen LogP) is 2.27. The Bertz CT molecular complexity index is 649. The summed E-state index contributed by atoms with van der Waals surface area (Å²) in [4.78, 5) is 23.8. The van der Waals surface area contributed by atoms with Crippen molar-refractivity contribution in [1.82, 2.24) is 0 Å². The van der Waals surface area contributed by atoms with E-state index >= 15 is 0 Å². The molecule has 0 atom stereocenters. The van der Waals surface area contributed by atoms with Crippen LogP contribution in [0.3, 0.4) is 0 Å². The van der Waals surface area contributed by atoms with Crippen LogP contribution in [0.5, 0.6) is 0 Å². The second kappa shape index (κ2) is 6.58. The van der Waals surface area contributed by atoms with E-state index in [0.717, 1.165) is 0 Å². The molecular formula is C14H17ClO5S. The molecule has 0 amide bonds.